The quantitative estimate of drug-likeness (QED) is 0.236. The minimum atomic E-state index is 0. The first-order chi connectivity index (χ1) is 13.6. The van der Waals surface area contributed by atoms with Crippen LogP contribution in [0.3, 0.4) is 0 Å². The monoisotopic (exact) mass is 516 g/mol. The van der Waals surface area contributed by atoms with E-state index in [1.165, 1.54) is 5.56 Å². The third kappa shape index (κ3) is 7.59. The molecular weight excluding hydrogens is 483 g/mol. The first kappa shape index (κ1) is 23.6. The van der Waals surface area contributed by atoms with Crippen LogP contribution in [-0.2, 0) is 31.9 Å². The summed E-state index contributed by atoms with van der Waals surface area (Å²) < 4.78 is 9.43. The van der Waals surface area contributed by atoms with Crippen molar-refractivity contribution >= 4 is 29.9 Å². The lowest BCUT2D eigenvalue weighted by atomic mass is 10.3. The van der Waals surface area contributed by atoms with Crippen molar-refractivity contribution in [3.63, 3.8) is 0 Å². The Morgan fingerprint density at radius 3 is 2.66 bits per heavy atom. The minimum absolute atomic E-state index is 0. The molecule has 1 aliphatic rings. The van der Waals surface area contributed by atoms with Crippen molar-refractivity contribution in [2.45, 2.75) is 26.4 Å². The van der Waals surface area contributed by atoms with Crippen LogP contribution in [0.1, 0.15) is 23.6 Å². The molecule has 3 rings (SSSR count). The maximum Gasteiger partial charge on any atom is 0.191 e. The van der Waals surface area contributed by atoms with Crippen LogP contribution in [0.4, 0.5) is 0 Å². The van der Waals surface area contributed by atoms with E-state index < -0.39 is 0 Å². The van der Waals surface area contributed by atoms with Gasteiger partial charge in [0.1, 0.15) is 5.82 Å². The molecule has 0 spiro atoms. The fraction of sp³-hybridized carbons (Fsp3) is 0.632. The van der Waals surface area contributed by atoms with Crippen LogP contribution in [0.25, 0.3) is 0 Å². The van der Waals surface area contributed by atoms with Gasteiger partial charge in [-0.05, 0) is 31.5 Å². The number of guanidine groups is 1. The number of rotatable bonds is 8. The number of morpholine rings is 1. The zero-order chi connectivity index (χ0) is 19.8. The molecule has 0 aromatic carbocycles. The number of ether oxygens (including phenoxy) is 1. The molecule has 0 saturated carbocycles. The molecule has 1 aliphatic heterocycles. The Kier molecular flexibility index (Phi) is 9.88. The summed E-state index contributed by atoms with van der Waals surface area (Å²) in [7, 11) is 4.00. The largest absolute Gasteiger partial charge is 0.379 e. The molecular formula is C19H33IN8O. The molecule has 29 heavy (non-hydrogen) atoms. The molecule has 2 N–H and O–H groups in total. The van der Waals surface area contributed by atoms with Crippen molar-refractivity contribution in [3.05, 3.63) is 35.7 Å². The Balaban J connectivity index is 0.00000300. The average Bonchev–Trinajstić information content (AvgIpc) is 3.27. The number of aryl methyl sites for hydroxylation is 2. The highest BCUT2D eigenvalue weighted by Gasteiger charge is 2.10. The van der Waals surface area contributed by atoms with Crippen LogP contribution in [0.5, 0.6) is 0 Å². The average molecular weight is 516 g/mol. The van der Waals surface area contributed by atoms with Gasteiger partial charge < -0.3 is 24.5 Å². The van der Waals surface area contributed by atoms with Crippen molar-refractivity contribution in [1.29, 1.82) is 0 Å². The predicted molar refractivity (Wildman–Crippen MR) is 124 cm³/mol. The summed E-state index contributed by atoms with van der Waals surface area (Å²) in [5.41, 5.74) is 1.19. The highest BCUT2D eigenvalue weighted by molar-refractivity contribution is 14.0. The number of hydrogen-bond donors (Lipinski definition) is 2. The molecule has 10 heteroatoms. The molecule has 1 saturated heterocycles. The smallest absolute Gasteiger partial charge is 0.191 e. The van der Waals surface area contributed by atoms with Crippen LogP contribution < -0.4 is 10.6 Å². The second kappa shape index (κ2) is 12.1. The Labute approximate surface area is 189 Å². The van der Waals surface area contributed by atoms with Gasteiger partial charge in [-0.25, -0.2) is 4.99 Å². The molecule has 0 atom stereocenters. The molecule has 0 unspecified atom stereocenters. The van der Waals surface area contributed by atoms with Gasteiger partial charge in [0.15, 0.2) is 11.8 Å². The highest BCUT2D eigenvalue weighted by Crippen LogP contribution is 2.02. The molecule has 3 heterocycles. The zero-order valence-electron chi connectivity index (χ0n) is 17.6. The summed E-state index contributed by atoms with van der Waals surface area (Å²) in [6.45, 7) is 8.85. The van der Waals surface area contributed by atoms with Crippen molar-refractivity contribution in [2.24, 2.45) is 19.1 Å². The predicted octanol–water partition coefficient (Wildman–Crippen LogP) is 1.04. The second-order valence-electron chi connectivity index (χ2n) is 7.16. The number of nitrogens with one attached hydrogen (secondary N) is 2. The molecule has 0 radical (unpaired) electrons. The second-order valence-corrected chi connectivity index (χ2v) is 7.16. The summed E-state index contributed by atoms with van der Waals surface area (Å²) in [6, 6.07) is 2.09. The van der Waals surface area contributed by atoms with Gasteiger partial charge in [-0.3, -0.25) is 4.90 Å². The first-order valence-electron chi connectivity index (χ1n) is 9.90. The summed E-state index contributed by atoms with van der Waals surface area (Å²) in [6.07, 6.45) is 5.19. The topological polar surface area (TPSA) is 84.5 Å². The minimum Gasteiger partial charge on any atom is -0.379 e. The van der Waals surface area contributed by atoms with Gasteiger partial charge in [-0.2, -0.15) is 0 Å². The molecule has 2 aromatic heterocycles. The van der Waals surface area contributed by atoms with E-state index in [1.54, 1.807) is 0 Å². The number of nitrogens with zero attached hydrogens (tertiary/aromatic N) is 6. The lowest BCUT2D eigenvalue weighted by Gasteiger charge is -2.26. The normalized spacial score (nSPS) is 15.2. The molecule has 1 fully saturated rings. The lowest BCUT2D eigenvalue weighted by Crippen LogP contribution is -2.40. The number of halogens is 1. The van der Waals surface area contributed by atoms with Gasteiger partial charge in [-0.1, -0.05) is 0 Å². The molecule has 0 bridgehead atoms. The van der Waals surface area contributed by atoms with Crippen molar-refractivity contribution in [2.75, 3.05) is 39.4 Å². The van der Waals surface area contributed by atoms with Gasteiger partial charge in [0.2, 0.25) is 0 Å². The number of hydrogen-bond acceptors (Lipinski definition) is 5. The van der Waals surface area contributed by atoms with E-state index in [4.69, 9.17) is 9.73 Å². The van der Waals surface area contributed by atoms with Gasteiger partial charge in [0.05, 0.1) is 26.3 Å². The van der Waals surface area contributed by atoms with Crippen molar-refractivity contribution < 1.29 is 4.74 Å². The Morgan fingerprint density at radius 2 is 2.00 bits per heavy atom. The third-order valence-electron chi connectivity index (χ3n) is 4.96. The van der Waals surface area contributed by atoms with Crippen LogP contribution >= 0.6 is 24.0 Å². The van der Waals surface area contributed by atoms with Gasteiger partial charge in [0.25, 0.3) is 0 Å². The van der Waals surface area contributed by atoms with E-state index >= 15 is 0 Å². The fourth-order valence-electron chi connectivity index (χ4n) is 3.10. The van der Waals surface area contributed by atoms with Gasteiger partial charge in [0, 0.05) is 46.1 Å². The summed E-state index contributed by atoms with van der Waals surface area (Å²) in [4.78, 5) is 7.18. The van der Waals surface area contributed by atoms with Gasteiger partial charge >= 0.3 is 0 Å². The van der Waals surface area contributed by atoms with Crippen LogP contribution in [-0.4, -0.2) is 69.6 Å². The summed E-state index contributed by atoms with van der Waals surface area (Å²) in [5.74, 6) is 2.59. The highest BCUT2D eigenvalue weighted by atomic mass is 127. The lowest BCUT2D eigenvalue weighted by molar-refractivity contribution is 0.0376. The Hall–Kier alpha value is -1.66. The molecule has 2 aromatic rings. The van der Waals surface area contributed by atoms with E-state index in [0.29, 0.717) is 13.1 Å². The Morgan fingerprint density at radius 1 is 1.21 bits per heavy atom. The van der Waals surface area contributed by atoms with Crippen LogP contribution in [0.2, 0.25) is 0 Å². The van der Waals surface area contributed by atoms with Crippen LogP contribution in [0.15, 0.2) is 23.5 Å². The zero-order valence-corrected chi connectivity index (χ0v) is 19.9. The van der Waals surface area contributed by atoms with Crippen molar-refractivity contribution in [3.8, 4) is 0 Å². The van der Waals surface area contributed by atoms with E-state index in [2.05, 4.69) is 38.0 Å². The van der Waals surface area contributed by atoms with Crippen LogP contribution in [0, 0.1) is 6.92 Å². The van der Waals surface area contributed by atoms with Crippen molar-refractivity contribution in [1.82, 2.24) is 34.9 Å². The van der Waals surface area contributed by atoms with E-state index in [9.17, 15) is 0 Å². The van der Waals surface area contributed by atoms with E-state index in [1.807, 2.05) is 36.4 Å². The first-order valence-corrected chi connectivity index (χ1v) is 9.90. The molecule has 0 aliphatic carbocycles. The summed E-state index contributed by atoms with van der Waals surface area (Å²) >= 11 is 0. The third-order valence-corrected chi connectivity index (χ3v) is 4.96. The molecule has 162 valence electrons. The number of aliphatic imine (C=N–C) groups is 1. The molecule has 0 amide bonds. The number of aromatic nitrogens is 4. The standard InChI is InChI=1S/C19H32N8O.HI/c1-16-23-24-18(26(16)3)14-22-19(21-13-17-5-8-25(2)15-17)20-6-4-7-27-9-11-28-12-10-27;/h5,8,15H,4,6-7,9-14H2,1-3H3,(H2,20,21,22);1H. The van der Waals surface area contributed by atoms with Gasteiger partial charge in [-0.15, -0.1) is 34.2 Å². The molecule has 9 nitrogen and oxygen atoms in total. The van der Waals surface area contributed by atoms with E-state index in [0.717, 1.165) is 63.4 Å². The fourth-order valence-corrected chi connectivity index (χ4v) is 3.10. The summed E-state index contributed by atoms with van der Waals surface area (Å²) in [5, 5.41) is 15.2. The SMILES string of the molecule is Cc1nnc(CNC(=NCc2ccn(C)c2)NCCCN2CCOCC2)n1C.I. The maximum absolute atomic E-state index is 5.40. The maximum atomic E-state index is 5.40. The van der Waals surface area contributed by atoms with E-state index in [-0.39, 0.29) is 24.0 Å². The Bertz CT molecular complexity index is 766.